The minimum Gasteiger partial charge on any atom is -0.397 e. The molecular formula is C26H32N6O2S. The summed E-state index contributed by atoms with van der Waals surface area (Å²) in [6, 6.07) is 8.18. The summed E-state index contributed by atoms with van der Waals surface area (Å²) < 4.78 is 6.20. The molecule has 9 heteroatoms. The van der Waals surface area contributed by atoms with Crippen molar-refractivity contribution >= 4 is 39.0 Å². The van der Waals surface area contributed by atoms with Crippen molar-refractivity contribution < 1.29 is 9.53 Å². The van der Waals surface area contributed by atoms with Gasteiger partial charge >= 0.3 is 0 Å². The lowest BCUT2D eigenvalue weighted by Gasteiger charge is -2.30. The number of nitrogens with one attached hydrogen (secondary N) is 1. The molecule has 1 aliphatic heterocycles. The van der Waals surface area contributed by atoms with Gasteiger partial charge < -0.3 is 26.4 Å². The number of hydrogen-bond donors (Lipinski definition) is 3. The Kier molecular flexibility index (Phi) is 5.86. The number of hydrogen-bond acceptors (Lipinski definition) is 8. The Hall–Kier alpha value is -2.75. The van der Waals surface area contributed by atoms with Crippen molar-refractivity contribution in [2.24, 2.45) is 5.73 Å². The normalized spacial score (nSPS) is 24.4. The second-order valence-electron chi connectivity index (χ2n) is 10.1. The minimum absolute atomic E-state index is 0.0217. The topological polar surface area (TPSA) is 119 Å². The van der Waals surface area contributed by atoms with Gasteiger partial charge in [-0.05, 0) is 69.2 Å². The molecule has 0 aromatic carbocycles. The van der Waals surface area contributed by atoms with E-state index in [1.165, 1.54) is 23.3 Å². The van der Waals surface area contributed by atoms with Gasteiger partial charge in [-0.3, -0.25) is 4.79 Å². The first kappa shape index (κ1) is 22.7. The van der Waals surface area contributed by atoms with E-state index in [-0.39, 0.29) is 24.1 Å². The van der Waals surface area contributed by atoms with E-state index in [0.29, 0.717) is 16.7 Å². The van der Waals surface area contributed by atoms with Crippen LogP contribution >= 0.6 is 11.3 Å². The number of fused-ring (bicyclic) bond motifs is 2. The summed E-state index contributed by atoms with van der Waals surface area (Å²) in [5.74, 6) is 0.854. The van der Waals surface area contributed by atoms with Gasteiger partial charge in [-0.2, -0.15) is 0 Å². The molecule has 5 N–H and O–H groups in total. The van der Waals surface area contributed by atoms with Crippen molar-refractivity contribution in [3.05, 3.63) is 46.1 Å². The molecule has 0 bridgehead atoms. The highest BCUT2D eigenvalue weighted by atomic mass is 32.1. The Morgan fingerprint density at radius 2 is 2.03 bits per heavy atom. The lowest BCUT2D eigenvalue weighted by Crippen LogP contribution is -2.39. The zero-order chi connectivity index (χ0) is 24.1. The molecule has 35 heavy (non-hydrogen) atoms. The highest BCUT2D eigenvalue weighted by Crippen LogP contribution is 2.33. The number of aryl methyl sites for hydroxylation is 2. The summed E-state index contributed by atoms with van der Waals surface area (Å²) in [5, 5.41) is 4.04. The smallest absolute Gasteiger partial charge is 0.263 e. The van der Waals surface area contributed by atoms with Crippen LogP contribution in [0.3, 0.4) is 0 Å². The highest BCUT2D eigenvalue weighted by molar-refractivity contribution is 7.21. The van der Waals surface area contributed by atoms with E-state index in [1.807, 2.05) is 19.1 Å². The second-order valence-corrected chi connectivity index (χ2v) is 11.1. The van der Waals surface area contributed by atoms with Crippen molar-refractivity contribution in [2.45, 2.75) is 69.7 Å². The molecule has 3 aromatic rings. The number of carbonyl (C=O) groups is 1. The standard InChI is InChI=1S/C26H32N6O2S/c1-14-5-8-18-23(28)24(35-26(18)29-14)25(33)30-16-7-9-20-15(11-16)6-10-22(31-20)32-12-19(27)21(13-32)34-17-3-2-4-17/h5-6,8,10,16-17,19,21H,2-4,7,9,11-13,27-28H2,1H3,(H,30,33)/t16-,19-,21-/m0/s1. The van der Waals surface area contributed by atoms with Crippen LogP contribution in [0.2, 0.25) is 0 Å². The fourth-order valence-corrected chi connectivity index (χ4v) is 6.33. The van der Waals surface area contributed by atoms with Gasteiger partial charge in [0.1, 0.15) is 15.5 Å². The Balaban J connectivity index is 1.11. The molecule has 1 saturated heterocycles. The van der Waals surface area contributed by atoms with Gasteiger partial charge in [-0.25, -0.2) is 9.97 Å². The molecule has 0 unspecified atom stereocenters. The average molecular weight is 493 g/mol. The first-order valence-electron chi connectivity index (χ1n) is 12.6. The number of amides is 1. The average Bonchev–Trinajstić information content (AvgIpc) is 3.35. The van der Waals surface area contributed by atoms with Crippen molar-refractivity contribution in [1.29, 1.82) is 0 Å². The Morgan fingerprint density at radius 1 is 1.17 bits per heavy atom. The first-order valence-corrected chi connectivity index (χ1v) is 13.4. The number of rotatable bonds is 5. The van der Waals surface area contributed by atoms with Gasteiger partial charge in [0.05, 0.1) is 23.9 Å². The molecule has 3 atom stereocenters. The number of carbonyl (C=O) groups excluding carboxylic acids is 1. The van der Waals surface area contributed by atoms with Crippen LogP contribution in [0.5, 0.6) is 0 Å². The van der Waals surface area contributed by atoms with Crippen molar-refractivity contribution in [1.82, 2.24) is 15.3 Å². The third-order valence-electron chi connectivity index (χ3n) is 7.58. The molecular weight excluding hydrogens is 460 g/mol. The zero-order valence-corrected chi connectivity index (χ0v) is 20.8. The van der Waals surface area contributed by atoms with E-state index in [9.17, 15) is 4.79 Å². The van der Waals surface area contributed by atoms with Crippen molar-refractivity contribution in [3.63, 3.8) is 0 Å². The molecule has 1 amide bonds. The molecule has 2 aliphatic carbocycles. The van der Waals surface area contributed by atoms with E-state index in [0.717, 1.165) is 72.6 Å². The summed E-state index contributed by atoms with van der Waals surface area (Å²) in [7, 11) is 0. The number of nitrogen functional groups attached to an aromatic ring is 1. The molecule has 0 radical (unpaired) electrons. The van der Waals surface area contributed by atoms with Crippen LogP contribution in [0, 0.1) is 6.92 Å². The summed E-state index contributed by atoms with van der Waals surface area (Å²) in [6.07, 6.45) is 6.50. The number of nitrogens with two attached hydrogens (primary N) is 2. The molecule has 0 spiro atoms. The maximum absolute atomic E-state index is 13.0. The number of thiophene rings is 1. The lowest BCUT2D eigenvalue weighted by molar-refractivity contribution is -0.0469. The molecule has 6 rings (SSSR count). The van der Waals surface area contributed by atoms with Gasteiger partial charge in [-0.15, -0.1) is 11.3 Å². The molecule has 8 nitrogen and oxygen atoms in total. The zero-order valence-electron chi connectivity index (χ0n) is 20.0. The fourth-order valence-electron chi connectivity index (χ4n) is 5.29. The van der Waals surface area contributed by atoms with Gasteiger partial charge in [0.2, 0.25) is 0 Å². The Labute approximate surface area is 209 Å². The summed E-state index contributed by atoms with van der Waals surface area (Å²) in [4.78, 5) is 26.1. The van der Waals surface area contributed by atoms with Crippen molar-refractivity contribution in [3.8, 4) is 0 Å². The third-order valence-corrected chi connectivity index (χ3v) is 8.69. The van der Waals surface area contributed by atoms with Crippen LogP contribution < -0.4 is 21.7 Å². The van der Waals surface area contributed by atoms with Crippen LogP contribution in [0.1, 0.15) is 52.3 Å². The van der Waals surface area contributed by atoms with Crippen LogP contribution in [-0.2, 0) is 17.6 Å². The molecule has 4 heterocycles. The SMILES string of the molecule is Cc1ccc2c(N)c(C(=O)N[C@H]3CCc4nc(N5C[C@H](OC6CCC6)[C@@H](N)C5)ccc4C3)sc2n1. The fraction of sp³-hybridized carbons (Fsp3) is 0.500. The molecule has 184 valence electrons. The monoisotopic (exact) mass is 492 g/mol. The molecule has 2 fully saturated rings. The Morgan fingerprint density at radius 3 is 2.83 bits per heavy atom. The molecule has 1 saturated carbocycles. The summed E-state index contributed by atoms with van der Waals surface area (Å²) >= 11 is 1.36. The van der Waals surface area contributed by atoms with Crippen LogP contribution in [0.25, 0.3) is 10.2 Å². The number of aromatic nitrogens is 2. The van der Waals surface area contributed by atoms with Gasteiger partial charge in [-0.1, -0.05) is 6.07 Å². The maximum atomic E-state index is 13.0. The summed E-state index contributed by atoms with van der Waals surface area (Å²) in [5.41, 5.74) is 16.4. The second kappa shape index (κ2) is 9.04. The maximum Gasteiger partial charge on any atom is 0.263 e. The van der Waals surface area contributed by atoms with E-state index in [4.69, 9.17) is 21.2 Å². The summed E-state index contributed by atoms with van der Waals surface area (Å²) in [6.45, 7) is 3.51. The van der Waals surface area contributed by atoms with Crippen LogP contribution in [0.4, 0.5) is 11.5 Å². The van der Waals surface area contributed by atoms with E-state index < -0.39 is 0 Å². The number of nitrogens with zero attached hydrogens (tertiary/aromatic N) is 3. The first-order chi connectivity index (χ1) is 16.9. The van der Waals surface area contributed by atoms with E-state index in [2.05, 4.69) is 27.3 Å². The lowest BCUT2D eigenvalue weighted by atomic mass is 9.91. The third kappa shape index (κ3) is 4.37. The van der Waals surface area contributed by atoms with Gasteiger partial charge in [0.15, 0.2) is 0 Å². The van der Waals surface area contributed by atoms with Gasteiger partial charge in [0.25, 0.3) is 5.91 Å². The predicted molar refractivity (Wildman–Crippen MR) is 139 cm³/mol. The van der Waals surface area contributed by atoms with Crippen molar-refractivity contribution in [2.75, 3.05) is 23.7 Å². The quantitative estimate of drug-likeness (QED) is 0.501. The van der Waals surface area contributed by atoms with Crippen LogP contribution in [-0.4, -0.2) is 53.3 Å². The highest BCUT2D eigenvalue weighted by Gasteiger charge is 2.35. The number of pyridine rings is 2. The van der Waals surface area contributed by atoms with Crippen LogP contribution in [0.15, 0.2) is 24.3 Å². The number of ether oxygens (including phenoxy) is 1. The number of anilines is 2. The largest absolute Gasteiger partial charge is 0.397 e. The van der Waals surface area contributed by atoms with Gasteiger partial charge in [0, 0.05) is 35.9 Å². The van der Waals surface area contributed by atoms with E-state index >= 15 is 0 Å². The predicted octanol–water partition coefficient (Wildman–Crippen LogP) is 2.95. The van der Waals surface area contributed by atoms with E-state index in [1.54, 1.807) is 0 Å². The Bertz CT molecular complexity index is 1270. The molecule has 3 aromatic heterocycles. The molecule has 3 aliphatic rings. The minimum atomic E-state index is -0.121.